The molecule has 0 bridgehead atoms. The highest BCUT2D eigenvalue weighted by Crippen LogP contribution is 2.30. The Morgan fingerprint density at radius 2 is 1.80 bits per heavy atom. The zero-order valence-electron chi connectivity index (χ0n) is 19.8. The smallest absolute Gasteiger partial charge is 0.250 e. The molecule has 0 saturated heterocycles. The zero-order valence-corrected chi connectivity index (χ0v) is 20.6. The van der Waals surface area contributed by atoms with Crippen molar-refractivity contribution in [2.75, 3.05) is 19.5 Å². The van der Waals surface area contributed by atoms with Crippen molar-refractivity contribution in [2.24, 2.45) is 0 Å². The average molecular weight is 487 g/mol. The topological polar surface area (TPSA) is 69.7 Å². The Hall–Kier alpha value is -4.10. The second-order valence-corrected chi connectivity index (χ2v) is 8.57. The number of methoxy groups -OCH3 is 2. The number of ether oxygens (including phenoxy) is 3. The van der Waals surface area contributed by atoms with Crippen LogP contribution in [-0.4, -0.2) is 25.1 Å². The molecule has 0 aliphatic rings. The number of rotatable bonds is 9. The first-order valence-electron chi connectivity index (χ1n) is 11.0. The first-order valence-corrected chi connectivity index (χ1v) is 11.9. The minimum absolute atomic E-state index is 0.264. The fourth-order valence-electron chi connectivity index (χ4n) is 3.38. The predicted molar refractivity (Wildman–Crippen MR) is 140 cm³/mol. The van der Waals surface area contributed by atoms with Gasteiger partial charge in [-0.1, -0.05) is 30.3 Å². The monoisotopic (exact) mass is 486 g/mol. The molecule has 1 aromatic heterocycles. The lowest BCUT2D eigenvalue weighted by molar-refractivity contribution is -0.111. The number of carbonyl (C=O) groups is 1. The van der Waals surface area contributed by atoms with E-state index in [9.17, 15) is 4.79 Å². The standard InChI is InChI=1S/C28H26N2O4S/c1-19-6-4-5-7-22(19)17-34-25-14-8-20(16-26(25)33-3)9-15-27(31)30-28-29-24(18-35-28)21-10-12-23(32-2)13-11-21/h4-16,18H,17H2,1-3H3,(H,29,30,31)/b15-9+. The van der Waals surface area contributed by atoms with Crippen LogP contribution in [0.25, 0.3) is 17.3 Å². The molecular formula is C28H26N2O4S. The summed E-state index contributed by atoms with van der Waals surface area (Å²) in [6, 6.07) is 21.3. The summed E-state index contributed by atoms with van der Waals surface area (Å²) < 4.78 is 16.6. The number of carbonyl (C=O) groups excluding carboxylic acids is 1. The Balaban J connectivity index is 1.37. The SMILES string of the molecule is COc1ccc(-c2csc(NC(=O)/C=C/c3ccc(OCc4ccccc4C)c(OC)c3)n2)cc1. The maximum Gasteiger partial charge on any atom is 0.250 e. The number of aromatic nitrogens is 1. The number of benzene rings is 3. The summed E-state index contributed by atoms with van der Waals surface area (Å²) in [6.07, 6.45) is 3.19. The van der Waals surface area contributed by atoms with Crippen LogP contribution in [0.5, 0.6) is 17.2 Å². The van der Waals surface area contributed by atoms with E-state index in [1.165, 1.54) is 23.0 Å². The zero-order chi connectivity index (χ0) is 24.6. The maximum absolute atomic E-state index is 12.4. The van der Waals surface area contributed by atoms with Crippen LogP contribution in [0.2, 0.25) is 0 Å². The van der Waals surface area contributed by atoms with Gasteiger partial charge in [0.15, 0.2) is 16.6 Å². The Kier molecular flexibility index (Phi) is 7.80. The molecule has 0 unspecified atom stereocenters. The van der Waals surface area contributed by atoms with Gasteiger partial charge < -0.3 is 14.2 Å². The van der Waals surface area contributed by atoms with Gasteiger partial charge in [-0.15, -0.1) is 11.3 Å². The molecule has 0 aliphatic carbocycles. The minimum atomic E-state index is -0.264. The van der Waals surface area contributed by atoms with Crippen molar-refractivity contribution in [3.8, 4) is 28.5 Å². The summed E-state index contributed by atoms with van der Waals surface area (Å²) in [5.74, 6) is 1.76. The predicted octanol–water partition coefficient (Wildman–Crippen LogP) is 6.37. The fraction of sp³-hybridized carbons (Fsp3) is 0.143. The molecule has 4 aromatic rings. The Bertz CT molecular complexity index is 1330. The highest BCUT2D eigenvalue weighted by molar-refractivity contribution is 7.14. The quantitative estimate of drug-likeness (QED) is 0.279. The van der Waals surface area contributed by atoms with Gasteiger partial charge in [0, 0.05) is 17.0 Å². The van der Waals surface area contributed by atoms with Crippen molar-refractivity contribution in [3.05, 3.63) is 94.9 Å². The van der Waals surface area contributed by atoms with Gasteiger partial charge in [-0.2, -0.15) is 0 Å². The molecule has 0 spiro atoms. The number of aryl methyl sites for hydroxylation is 1. The van der Waals surface area contributed by atoms with Gasteiger partial charge in [0.1, 0.15) is 12.4 Å². The molecule has 1 N–H and O–H groups in total. The van der Waals surface area contributed by atoms with Crippen molar-refractivity contribution in [3.63, 3.8) is 0 Å². The van der Waals surface area contributed by atoms with Crippen molar-refractivity contribution in [1.82, 2.24) is 4.98 Å². The molecule has 178 valence electrons. The van der Waals surface area contributed by atoms with Gasteiger partial charge in [-0.05, 0) is 66.1 Å². The van der Waals surface area contributed by atoms with E-state index < -0.39 is 0 Å². The molecule has 1 amide bonds. The second-order valence-electron chi connectivity index (χ2n) is 7.71. The van der Waals surface area contributed by atoms with E-state index in [1.54, 1.807) is 20.3 Å². The summed E-state index contributed by atoms with van der Waals surface area (Å²) in [5.41, 5.74) is 4.86. The van der Waals surface area contributed by atoms with E-state index in [-0.39, 0.29) is 5.91 Å². The lowest BCUT2D eigenvalue weighted by atomic mass is 10.1. The van der Waals surface area contributed by atoms with Crippen molar-refractivity contribution in [1.29, 1.82) is 0 Å². The Labute approximate surface area is 208 Å². The fourth-order valence-corrected chi connectivity index (χ4v) is 4.10. The van der Waals surface area contributed by atoms with Crippen LogP contribution in [0.15, 0.2) is 78.2 Å². The van der Waals surface area contributed by atoms with Crippen LogP contribution in [0.4, 0.5) is 5.13 Å². The van der Waals surface area contributed by atoms with E-state index in [0.29, 0.717) is 23.2 Å². The van der Waals surface area contributed by atoms with Crippen LogP contribution in [0.1, 0.15) is 16.7 Å². The maximum atomic E-state index is 12.4. The number of nitrogens with one attached hydrogen (secondary N) is 1. The third kappa shape index (κ3) is 6.28. The summed E-state index contributed by atoms with van der Waals surface area (Å²) in [5, 5.41) is 5.24. The van der Waals surface area contributed by atoms with Crippen molar-refractivity contribution in [2.45, 2.75) is 13.5 Å². The van der Waals surface area contributed by atoms with Crippen LogP contribution in [-0.2, 0) is 11.4 Å². The largest absolute Gasteiger partial charge is 0.497 e. The summed E-state index contributed by atoms with van der Waals surface area (Å²) in [7, 11) is 3.23. The van der Waals surface area contributed by atoms with E-state index in [1.807, 2.05) is 66.0 Å². The molecule has 0 fully saturated rings. The van der Waals surface area contributed by atoms with Crippen LogP contribution >= 0.6 is 11.3 Å². The number of nitrogens with zero attached hydrogens (tertiary/aromatic N) is 1. The molecular weight excluding hydrogens is 460 g/mol. The highest BCUT2D eigenvalue weighted by Gasteiger charge is 2.09. The summed E-state index contributed by atoms with van der Waals surface area (Å²) >= 11 is 1.37. The van der Waals surface area contributed by atoms with Gasteiger partial charge >= 0.3 is 0 Å². The van der Waals surface area contributed by atoms with Gasteiger partial charge in [0.05, 0.1) is 19.9 Å². The molecule has 3 aromatic carbocycles. The second kappa shape index (κ2) is 11.4. The van der Waals surface area contributed by atoms with Gasteiger partial charge in [0.25, 0.3) is 0 Å². The number of anilines is 1. The Morgan fingerprint density at radius 3 is 2.54 bits per heavy atom. The number of amides is 1. The first kappa shape index (κ1) is 24.0. The molecule has 0 saturated carbocycles. The van der Waals surface area contributed by atoms with Gasteiger partial charge in [-0.25, -0.2) is 4.98 Å². The van der Waals surface area contributed by atoms with E-state index in [0.717, 1.165) is 28.1 Å². The Morgan fingerprint density at radius 1 is 1.00 bits per heavy atom. The first-order chi connectivity index (χ1) is 17.1. The number of hydrogen-bond acceptors (Lipinski definition) is 6. The van der Waals surface area contributed by atoms with Crippen LogP contribution in [0.3, 0.4) is 0 Å². The van der Waals surface area contributed by atoms with Crippen molar-refractivity contribution < 1.29 is 19.0 Å². The molecule has 4 rings (SSSR count). The molecule has 0 atom stereocenters. The molecule has 7 heteroatoms. The molecule has 0 aliphatic heterocycles. The minimum Gasteiger partial charge on any atom is -0.497 e. The van der Waals surface area contributed by atoms with E-state index >= 15 is 0 Å². The number of hydrogen-bond donors (Lipinski definition) is 1. The van der Waals surface area contributed by atoms with Crippen LogP contribution < -0.4 is 19.5 Å². The molecule has 0 radical (unpaired) electrons. The van der Waals surface area contributed by atoms with E-state index in [4.69, 9.17) is 14.2 Å². The van der Waals surface area contributed by atoms with Crippen LogP contribution in [0, 0.1) is 6.92 Å². The molecule has 6 nitrogen and oxygen atoms in total. The van der Waals surface area contributed by atoms with E-state index in [2.05, 4.69) is 23.3 Å². The normalized spacial score (nSPS) is 10.8. The third-order valence-electron chi connectivity index (χ3n) is 5.38. The summed E-state index contributed by atoms with van der Waals surface area (Å²) in [4.78, 5) is 16.9. The highest BCUT2D eigenvalue weighted by atomic mass is 32.1. The lowest BCUT2D eigenvalue weighted by Gasteiger charge is -2.12. The summed E-state index contributed by atoms with van der Waals surface area (Å²) in [6.45, 7) is 2.51. The molecule has 1 heterocycles. The number of thiazole rings is 1. The average Bonchev–Trinajstić information content (AvgIpc) is 3.35. The van der Waals surface area contributed by atoms with Gasteiger partial charge in [0.2, 0.25) is 5.91 Å². The molecule has 35 heavy (non-hydrogen) atoms. The van der Waals surface area contributed by atoms with Gasteiger partial charge in [-0.3, -0.25) is 10.1 Å². The van der Waals surface area contributed by atoms with Crippen molar-refractivity contribution >= 4 is 28.5 Å². The lowest BCUT2D eigenvalue weighted by Crippen LogP contribution is -2.07. The third-order valence-corrected chi connectivity index (χ3v) is 6.14.